The monoisotopic (exact) mass is 246 g/mol. The third-order valence-corrected chi connectivity index (χ3v) is 3.66. The van der Waals surface area contributed by atoms with Crippen LogP contribution in [0.15, 0.2) is 18.2 Å². The van der Waals surface area contributed by atoms with Crippen molar-refractivity contribution < 1.29 is 4.79 Å². The van der Waals surface area contributed by atoms with Gasteiger partial charge in [-0.05, 0) is 43.7 Å². The summed E-state index contributed by atoms with van der Waals surface area (Å²) in [7, 11) is 0. The van der Waals surface area contributed by atoms with Gasteiger partial charge >= 0.3 is 0 Å². The summed E-state index contributed by atoms with van der Waals surface area (Å²) in [5.74, 6) is 0. The molecule has 0 aliphatic carbocycles. The van der Waals surface area contributed by atoms with E-state index in [0.717, 1.165) is 43.6 Å². The number of anilines is 1. The van der Waals surface area contributed by atoms with Crippen molar-refractivity contribution in [3.05, 3.63) is 29.3 Å². The number of rotatable bonds is 4. The van der Waals surface area contributed by atoms with Gasteiger partial charge in [0.2, 0.25) is 0 Å². The molecule has 0 aromatic heterocycles. The van der Waals surface area contributed by atoms with Crippen LogP contribution in [0.5, 0.6) is 0 Å². The summed E-state index contributed by atoms with van der Waals surface area (Å²) in [5.41, 5.74) is 3.11. The molecule has 18 heavy (non-hydrogen) atoms. The van der Waals surface area contributed by atoms with Gasteiger partial charge in [-0.15, -0.1) is 0 Å². The standard InChI is InChI=1S/C15H22N2O/c1-3-6-16-7-9-17(10-8-16)15-5-4-14(12-18)13(2)11-15/h4-5,11-12H,3,6-10H2,1-2H3. The summed E-state index contributed by atoms with van der Waals surface area (Å²) >= 11 is 0. The Labute approximate surface area is 109 Å². The lowest BCUT2D eigenvalue weighted by molar-refractivity contribution is 0.112. The minimum atomic E-state index is 0.795. The highest BCUT2D eigenvalue weighted by Crippen LogP contribution is 2.20. The van der Waals surface area contributed by atoms with Gasteiger partial charge < -0.3 is 4.90 Å². The van der Waals surface area contributed by atoms with Gasteiger partial charge in [0.1, 0.15) is 6.29 Å². The van der Waals surface area contributed by atoms with Crippen LogP contribution in [0.25, 0.3) is 0 Å². The maximum absolute atomic E-state index is 10.8. The van der Waals surface area contributed by atoms with E-state index in [2.05, 4.69) is 28.9 Å². The molecule has 0 bridgehead atoms. The van der Waals surface area contributed by atoms with Crippen molar-refractivity contribution in [1.29, 1.82) is 0 Å². The van der Waals surface area contributed by atoms with Crippen molar-refractivity contribution >= 4 is 12.0 Å². The average Bonchev–Trinajstić information content (AvgIpc) is 2.40. The van der Waals surface area contributed by atoms with Crippen LogP contribution in [0.4, 0.5) is 5.69 Å². The van der Waals surface area contributed by atoms with Crippen molar-refractivity contribution in [2.45, 2.75) is 20.3 Å². The van der Waals surface area contributed by atoms with E-state index in [9.17, 15) is 4.79 Å². The summed E-state index contributed by atoms with van der Waals surface area (Å²) in [4.78, 5) is 15.7. The Hall–Kier alpha value is -1.35. The fourth-order valence-electron chi connectivity index (χ4n) is 2.53. The Morgan fingerprint density at radius 1 is 1.22 bits per heavy atom. The first-order valence-corrected chi connectivity index (χ1v) is 6.77. The highest BCUT2D eigenvalue weighted by molar-refractivity contribution is 5.78. The molecule has 0 atom stereocenters. The van der Waals surface area contributed by atoms with E-state index in [1.165, 1.54) is 18.7 Å². The quantitative estimate of drug-likeness (QED) is 0.762. The number of hydrogen-bond donors (Lipinski definition) is 0. The van der Waals surface area contributed by atoms with E-state index in [-0.39, 0.29) is 0 Å². The molecule has 0 unspecified atom stereocenters. The summed E-state index contributed by atoms with van der Waals surface area (Å²) in [6, 6.07) is 6.11. The molecular weight excluding hydrogens is 224 g/mol. The Morgan fingerprint density at radius 2 is 1.94 bits per heavy atom. The van der Waals surface area contributed by atoms with Crippen LogP contribution in [-0.2, 0) is 0 Å². The van der Waals surface area contributed by atoms with Crippen LogP contribution < -0.4 is 4.90 Å². The van der Waals surface area contributed by atoms with Crippen molar-refractivity contribution in [3.63, 3.8) is 0 Å². The highest BCUT2D eigenvalue weighted by Gasteiger charge is 2.16. The topological polar surface area (TPSA) is 23.6 Å². The minimum Gasteiger partial charge on any atom is -0.369 e. The predicted molar refractivity (Wildman–Crippen MR) is 75.5 cm³/mol. The number of hydrogen-bond acceptors (Lipinski definition) is 3. The van der Waals surface area contributed by atoms with Crippen LogP contribution in [-0.4, -0.2) is 43.9 Å². The van der Waals surface area contributed by atoms with Gasteiger partial charge in [-0.2, -0.15) is 0 Å². The zero-order valence-corrected chi connectivity index (χ0v) is 11.4. The first kappa shape index (κ1) is 13.1. The van der Waals surface area contributed by atoms with E-state index in [0.29, 0.717) is 0 Å². The molecule has 1 aliphatic heterocycles. The zero-order chi connectivity index (χ0) is 13.0. The molecule has 1 aromatic carbocycles. The fraction of sp³-hybridized carbons (Fsp3) is 0.533. The second kappa shape index (κ2) is 6.01. The molecule has 2 rings (SSSR count). The second-order valence-electron chi connectivity index (χ2n) is 4.99. The largest absolute Gasteiger partial charge is 0.369 e. The Kier molecular flexibility index (Phi) is 4.37. The van der Waals surface area contributed by atoms with E-state index < -0.39 is 0 Å². The molecule has 0 saturated carbocycles. The van der Waals surface area contributed by atoms with Crippen LogP contribution in [0, 0.1) is 6.92 Å². The SMILES string of the molecule is CCCN1CCN(c2ccc(C=O)c(C)c2)CC1. The van der Waals surface area contributed by atoms with Gasteiger partial charge in [0.25, 0.3) is 0 Å². The molecule has 0 radical (unpaired) electrons. The number of carbonyl (C=O) groups is 1. The third-order valence-electron chi connectivity index (χ3n) is 3.66. The van der Waals surface area contributed by atoms with Crippen molar-refractivity contribution in [3.8, 4) is 0 Å². The molecule has 3 heteroatoms. The van der Waals surface area contributed by atoms with Crippen LogP contribution >= 0.6 is 0 Å². The predicted octanol–water partition coefficient (Wildman–Crippen LogP) is 2.34. The maximum Gasteiger partial charge on any atom is 0.150 e. The van der Waals surface area contributed by atoms with Gasteiger partial charge in [0.05, 0.1) is 0 Å². The summed E-state index contributed by atoms with van der Waals surface area (Å²) in [6.07, 6.45) is 2.16. The minimum absolute atomic E-state index is 0.795. The molecule has 0 spiro atoms. The van der Waals surface area contributed by atoms with Crippen LogP contribution in [0.2, 0.25) is 0 Å². The molecule has 1 fully saturated rings. The number of aldehydes is 1. The summed E-state index contributed by atoms with van der Waals surface area (Å²) in [5, 5.41) is 0. The molecule has 1 aromatic rings. The van der Waals surface area contributed by atoms with Gasteiger partial charge in [-0.25, -0.2) is 0 Å². The average molecular weight is 246 g/mol. The molecule has 98 valence electrons. The van der Waals surface area contributed by atoms with E-state index in [1.807, 2.05) is 13.0 Å². The number of aryl methyl sites for hydroxylation is 1. The summed E-state index contributed by atoms with van der Waals surface area (Å²) < 4.78 is 0. The Morgan fingerprint density at radius 3 is 2.50 bits per heavy atom. The van der Waals surface area contributed by atoms with E-state index in [4.69, 9.17) is 0 Å². The van der Waals surface area contributed by atoms with Crippen LogP contribution in [0.1, 0.15) is 29.3 Å². The second-order valence-corrected chi connectivity index (χ2v) is 4.99. The van der Waals surface area contributed by atoms with Crippen molar-refractivity contribution in [2.75, 3.05) is 37.6 Å². The lowest BCUT2D eigenvalue weighted by Crippen LogP contribution is -2.46. The van der Waals surface area contributed by atoms with Gasteiger partial charge in [0.15, 0.2) is 0 Å². The van der Waals surface area contributed by atoms with Gasteiger partial charge in [-0.3, -0.25) is 9.69 Å². The summed E-state index contributed by atoms with van der Waals surface area (Å²) in [6.45, 7) is 9.88. The lowest BCUT2D eigenvalue weighted by atomic mass is 10.1. The Balaban J connectivity index is 2.01. The van der Waals surface area contributed by atoms with E-state index >= 15 is 0 Å². The van der Waals surface area contributed by atoms with Crippen molar-refractivity contribution in [1.82, 2.24) is 4.90 Å². The lowest BCUT2D eigenvalue weighted by Gasteiger charge is -2.36. The third kappa shape index (κ3) is 2.91. The number of piperazine rings is 1. The number of nitrogens with zero attached hydrogens (tertiary/aromatic N) is 2. The number of benzene rings is 1. The van der Waals surface area contributed by atoms with Gasteiger partial charge in [-0.1, -0.05) is 6.92 Å². The normalized spacial score (nSPS) is 16.9. The fourth-order valence-corrected chi connectivity index (χ4v) is 2.53. The smallest absolute Gasteiger partial charge is 0.150 e. The Bertz CT molecular complexity index is 409. The highest BCUT2D eigenvalue weighted by atomic mass is 16.1. The molecule has 0 amide bonds. The molecular formula is C15H22N2O. The first-order chi connectivity index (χ1) is 8.74. The zero-order valence-electron chi connectivity index (χ0n) is 11.4. The molecule has 1 saturated heterocycles. The number of carbonyl (C=O) groups excluding carboxylic acids is 1. The molecule has 1 aliphatic rings. The first-order valence-electron chi connectivity index (χ1n) is 6.77. The van der Waals surface area contributed by atoms with E-state index in [1.54, 1.807) is 0 Å². The maximum atomic E-state index is 10.8. The van der Waals surface area contributed by atoms with Crippen molar-refractivity contribution in [2.24, 2.45) is 0 Å². The molecule has 0 N–H and O–H groups in total. The van der Waals surface area contributed by atoms with Gasteiger partial charge in [0, 0.05) is 37.4 Å². The van der Waals surface area contributed by atoms with Crippen LogP contribution in [0.3, 0.4) is 0 Å². The molecule has 3 nitrogen and oxygen atoms in total. The molecule has 1 heterocycles.